The first-order chi connectivity index (χ1) is 15.0. The standard InChI is InChI=1S/C23H33FN6O.HI/c1-17-18(2)31-22(27-17)16-28-9-7-19(8-10-28)15-26-23(25)30-13-11-29(12-14-30)21-5-3-20(24)4-6-21;/h3-6,19H,7-16H2,1-2H3,(H2,25,26);1H. The average molecular weight is 556 g/mol. The lowest BCUT2D eigenvalue weighted by Crippen LogP contribution is -2.51. The molecule has 2 fully saturated rings. The molecule has 2 N–H and O–H groups in total. The highest BCUT2D eigenvalue weighted by atomic mass is 127. The van der Waals surface area contributed by atoms with Gasteiger partial charge in [-0.05, 0) is 70.0 Å². The van der Waals surface area contributed by atoms with E-state index in [1.165, 1.54) is 12.1 Å². The van der Waals surface area contributed by atoms with Crippen molar-refractivity contribution in [3.05, 3.63) is 47.4 Å². The van der Waals surface area contributed by atoms with Crippen LogP contribution in [-0.4, -0.2) is 66.6 Å². The predicted molar refractivity (Wildman–Crippen MR) is 136 cm³/mol. The maximum atomic E-state index is 13.1. The molecule has 4 rings (SSSR count). The van der Waals surface area contributed by atoms with Gasteiger partial charge in [0.15, 0.2) is 5.96 Å². The van der Waals surface area contributed by atoms with Crippen LogP contribution in [0, 0.1) is 25.6 Å². The molecule has 0 saturated carbocycles. The number of likely N-dealkylation sites (tertiary alicyclic amines) is 1. The van der Waals surface area contributed by atoms with E-state index in [2.05, 4.69) is 19.7 Å². The van der Waals surface area contributed by atoms with Crippen molar-refractivity contribution in [3.8, 4) is 0 Å². The van der Waals surface area contributed by atoms with Crippen LogP contribution in [0.25, 0.3) is 0 Å². The minimum absolute atomic E-state index is 0. The van der Waals surface area contributed by atoms with Crippen LogP contribution in [0.2, 0.25) is 0 Å². The first-order valence-electron chi connectivity index (χ1n) is 11.2. The van der Waals surface area contributed by atoms with Crippen molar-refractivity contribution in [2.75, 3.05) is 50.7 Å². The van der Waals surface area contributed by atoms with Gasteiger partial charge in [0.2, 0.25) is 5.89 Å². The zero-order chi connectivity index (χ0) is 21.8. The topological polar surface area (TPSA) is 74.1 Å². The molecule has 3 heterocycles. The lowest BCUT2D eigenvalue weighted by molar-refractivity contribution is 0.166. The first-order valence-corrected chi connectivity index (χ1v) is 11.2. The summed E-state index contributed by atoms with van der Waals surface area (Å²) >= 11 is 0. The second kappa shape index (κ2) is 11.3. The first kappa shape index (κ1) is 24.8. The molecule has 0 bridgehead atoms. The van der Waals surface area contributed by atoms with E-state index in [0.717, 1.165) is 88.2 Å². The van der Waals surface area contributed by atoms with Gasteiger partial charge in [-0.1, -0.05) is 0 Å². The Morgan fingerprint density at radius 2 is 1.75 bits per heavy atom. The molecule has 0 radical (unpaired) electrons. The molecule has 1 aromatic carbocycles. The van der Waals surface area contributed by atoms with Crippen molar-refractivity contribution in [1.29, 1.82) is 0 Å². The lowest BCUT2D eigenvalue weighted by atomic mass is 9.97. The summed E-state index contributed by atoms with van der Waals surface area (Å²) in [5.41, 5.74) is 8.33. The fourth-order valence-corrected chi connectivity index (χ4v) is 4.29. The van der Waals surface area contributed by atoms with Gasteiger partial charge in [0, 0.05) is 38.4 Å². The van der Waals surface area contributed by atoms with Crippen LogP contribution in [0.15, 0.2) is 33.7 Å². The zero-order valence-corrected chi connectivity index (χ0v) is 21.3. The number of anilines is 1. The monoisotopic (exact) mass is 556 g/mol. The Hall–Kier alpha value is -1.88. The summed E-state index contributed by atoms with van der Waals surface area (Å²) in [7, 11) is 0. The number of nitrogens with zero attached hydrogens (tertiary/aromatic N) is 5. The van der Waals surface area contributed by atoms with E-state index >= 15 is 0 Å². The van der Waals surface area contributed by atoms with E-state index in [4.69, 9.17) is 15.1 Å². The molecular formula is C23H34FIN6O. The number of guanidine groups is 1. The number of aromatic nitrogens is 1. The van der Waals surface area contributed by atoms with Crippen molar-refractivity contribution in [2.45, 2.75) is 33.2 Å². The van der Waals surface area contributed by atoms with Crippen molar-refractivity contribution in [1.82, 2.24) is 14.8 Å². The van der Waals surface area contributed by atoms with Crippen LogP contribution in [-0.2, 0) is 6.54 Å². The minimum Gasteiger partial charge on any atom is -0.444 e. The van der Waals surface area contributed by atoms with Crippen molar-refractivity contribution in [2.24, 2.45) is 16.6 Å². The van der Waals surface area contributed by atoms with Gasteiger partial charge in [-0.15, -0.1) is 24.0 Å². The molecule has 0 aliphatic carbocycles. The number of hydrogen-bond donors (Lipinski definition) is 1. The third-order valence-corrected chi connectivity index (χ3v) is 6.45. The van der Waals surface area contributed by atoms with E-state index in [0.29, 0.717) is 11.9 Å². The van der Waals surface area contributed by atoms with Crippen LogP contribution >= 0.6 is 24.0 Å². The SMILES string of the molecule is Cc1nc(CN2CCC(CN=C(N)N3CCN(c4ccc(F)cc4)CC3)CC2)oc1C.I. The molecule has 0 amide bonds. The highest BCUT2D eigenvalue weighted by Gasteiger charge is 2.22. The molecule has 2 aliphatic rings. The molecule has 1 aromatic heterocycles. The molecule has 0 atom stereocenters. The summed E-state index contributed by atoms with van der Waals surface area (Å²) < 4.78 is 18.8. The largest absolute Gasteiger partial charge is 0.444 e. The smallest absolute Gasteiger partial charge is 0.208 e. The average Bonchev–Trinajstić information content (AvgIpc) is 3.10. The number of benzene rings is 1. The molecule has 32 heavy (non-hydrogen) atoms. The normalized spacial score (nSPS) is 18.7. The van der Waals surface area contributed by atoms with Gasteiger partial charge in [-0.25, -0.2) is 9.37 Å². The molecule has 2 saturated heterocycles. The van der Waals surface area contributed by atoms with E-state index in [-0.39, 0.29) is 29.8 Å². The molecule has 9 heteroatoms. The van der Waals surface area contributed by atoms with Gasteiger partial charge in [0.05, 0.1) is 12.2 Å². The number of rotatable bonds is 5. The Morgan fingerprint density at radius 3 is 2.34 bits per heavy atom. The molecule has 7 nitrogen and oxygen atoms in total. The van der Waals surface area contributed by atoms with Crippen molar-refractivity contribution < 1.29 is 8.81 Å². The summed E-state index contributed by atoms with van der Waals surface area (Å²) in [5.74, 6) is 2.74. The number of hydrogen-bond acceptors (Lipinski definition) is 5. The van der Waals surface area contributed by atoms with E-state index < -0.39 is 0 Å². The van der Waals surface area contributed by atoms with Gasteiger partial charge >= 0.3 is 0 Å². The second-order valence-corrected chi connectivity index (χ2v) is 8.62. The van der Waals surface area contributed by atoms with E-state index in [9.17, 15) is 4.39 Å². The molecule has 2 aliphatic heterocycles. The van der Waals surface area contributed by atoms with E-state index in [1.54, 1.807) is 0 Å². The molecule has 0 spiro atoms. The summed E-state index contributed by atoms with van der Waals surface area (Å²) in [6, 6.07) is 6.68. The number of aryl methyl sites for hydroxylation is 2. The number of aliphatic imine (C=N–C) groups is 1. The number of oxazole rings is 1. The van der Waals surface area contributed by atoms with Gasteiger partial charge in [0.25, 0.3) is 0 Å². The third kappa shape index (κ3) is 6.34. The highest BCUT2D eigenvalue weighted by Crippen LogP contribution is 2.21. The third-order valence-electron chi connectivity index (χ3n) is 6.45. The molecule has 0 unspecified atom stereocenters. The molecule has 176 valence electrons. The Balaban J connectivity index is 0.00000289. The van der Waals surface area contributed by atoms with Gasteiger partial charge in [0.1, 0.15) is 11.6 Å². The quantitative estimate of drug-likeness (QED) is 0.346. The fraction of sp³-hybridized carbons (Fsp3) is 0.565. The maximum Gasteiger partial charge on any atom is 0.208 e. The molecular weight excluding hydrogens is 522 g/mol. The van der Waals surface area contributed by atoms with Crippen molar-refractivity contribution >= 4 is 35.6 Å². The number of piperidine rings is 1. The van der Waals surface area contributed by atoms with Crippen LogP contribution < -0.4 is 10.6 Å². The van der Waals surface area contributed by atoms with Crippen molar-refractivity contribution in [3.63, 3.8) is 0 Å². The Morgan fingerprint density at radius 1 is 1.09 bits per heavy atom. The highest BCUT2D eigenvalue weighted by molar-refractivity contribution is 14.0. The van der Waals surface area contributed by atoms with Crippen LogP contribution in [0.3, 0.4) is 0 Å². The van der Waals surface area contributed by atoms with Crippen LogP contribution in [0.4, 0.5) is 10.1 Å². The van der Waals surface area contributed by atoms with Gasteiger partial charge < -0.3 is 20.0 Å². The second-order valence-electron chi connectivity index (χ2n) is 8.62. The fourth-order valence-electron chi connectivity index (χ4n) is 4.29. The minimum atomic E-state index is -0.201. The summed E-state index contributed by atoms with van der Waals surface area (Å²) in [5, 5.41) is 0. The van der Waals surface area contributed by atoms with Crippen LogP contribution in [0.5, 0.6) is 0 Å². The van der Waals surface area contributed by atoms with E-state index in [1.807, 2.05) is 26.0 Å². The van der Waals surface area contributed by atoms with Gasteiger partial charge in [-0.3, -0.25) is 9.89 Å². The predicted octanol–water partition coefficient (Wildman–Crippen LogP) is 3.40. The lowest BCUT2D eigenvalue weighted by Gasteiger charge is -2.37. The summed E-state index contributed by atoms with van der Waals surface area (Å²) in [6.07, 6.45) is 2.24. The molecule has 2 aromatic rings. The summed E-state index contributed by atoms with van der Waals surface area (Å²) in [4.78, 5) is 16.0. The summed E-state index contributed by atoms with van der Waals surface area (Å²) in [6.45, 7) is 11.0. The Labute approximate surface area is 206 Å². The number of piperazine rings is 1. The maximum absolute atomic E-state index is 13.1. The van der Waals surface area contributed by atoms with Gasteiger partial charge in [-0.2, -0.15) is 0 Å². The number of nitrogens with two attached hydrogens (primary N) is 1. The zero-order valence-electron chi connectivity index (χ0n) is 19.0. The Kier molecular flexibility index (Phi) is 8.75. The number of halogens is 2. The Bertz CT molecular complexity index is 867. The van der Waals surface area contributed by atoms with Crippen LogP contribution in [0.1, 0.15) is 30.2 Å².